The Bertz CT molecular complexity index is 200. The number of rotatable bonds is 7. The molecule has 4 nitrogen and oxygen atoms in total. The number of carboxylic acids is 2. The van der Waals surface area contributed by atoms with Crippen LogP contribution in [0.1, 0.15) is 39.5 Å². The molecule has 0 saturated heterocycles. The van der Waals surface area contributed by atoms with E-state index < -0.39 is 17.9 Å². The summed E-state index contributed by atoms with van der Waals surface area (Å²) in [6.45, 7) is 3.99. The molecular formula is C10H18O4. The number of aliphatic carboxylic acids is 2. The SMILES string of the molecule is CCC[C@H](C)C[C@@H](CC(=O)O)C(=O)O. The van der Waals surface area contributed by atoms with Gasteiger partial charge in [0.25, 0.3) is 0 Å². The van der Waals surface area contributed by atoms with Crippen molar-refractivity contribution in [3.05, 3.63) is 0 Å². The van der Waals surface area contributed by atoms with Gasteiger partial charge in [-0.15, -0.1) is 0 Å². The monoisotopic (exact) mass is 202 g/mol. The quantitative estimate of drug-likeness (QED) is 0.662. The van der Waals surface area contributed by atoms with Crippen molar-refractivity contribution in [2.45, 2.75) is 39.5 Å². The van der Waals surface area contributed by atoms with Gasteiger partial charge in [0.2, 0.25) is 0 Å². The molecule has 2 atom stereocenters. The minimum absolute atomic E-state index is 0.274. The molecule has 0 unspecified atom stereocenters. The van der Waals surface area contributed by atoms with Crippen molar-refractivity contribution in [3.8, 4) is 0 Å². The van der Waals surface area contributed by atoms with Gasteiger partial charge in [-0.2, -0.15) is 0 Å². The summed E-state index contributed by atoms with van der Waals surface area (Å²) in [6.07, 6.45) is 2.13. The summed E-state index contributed by atoms with van der Waals surface area (Å²) in [7, 11) is 0. The number of hydrogen-bond donors (Lipinski definition) is 2. The fourth-order valence-electron chi connectivity index (χ4n) is 1.58. The van der Waals surface area contributed by atoms with E-state index >= 15 is 0 Å². The van der Waals surface area contributed by atoms with Gasteiger partial charge >= 0.3 is 11.9 Å². The molecule has 0 rings (SSSR count). The average Bonchev–Trinajstić information content (AvgIpc) is 2.02. The van der Waals surface area contributed by atoms with Crippen LogP contribution < -0.4 is 0 Å². The molecule has 14 heavy (non-hydrogen) atoms. The Kier molecular flexibility index (Phi) is 5.92. The second-order valence-corrected chi connectivity index (χ2v) is 3.76. The van der Waals surface area contributed by atoms with Crippen LogP contribution in [0.3, 0.4) is 0 Å². The Morgan fingerprint density at radius 3 is 2.21 bits per heavy atom. The van der Waals surface area contributed by atoms with Gasteiger partial charge in [0.15, 0.2) is 0 Å². The van der Waals surface area contributed by atoms with E-state index in [0.717, 1.165) is 12.8 Å². The Balaban J connectivity index is 4.08. The van der Waals surface area contributed by atoms with Gasteiger partial charge in [-0.25, -0.2) is 0 Å². The van der Waals surface area contributed by atoms with Gasteiger partial charge in [0, 0.05) is 0 Å². The summed E-state index contributed by atoms with van der Waals surface area (Å²) in [5.74, 6) is -2.51. The van der Waals surface area contributed by atoms with E-state index in [1.165, 1.54) is 0 Å². The summed E-state index contributed by atoms with van der Waals surface area (Å²) in [5, 5.41) is 17.3. The zero-order chi connectivity index (χ0) is 11.1. The predicted molar refractivity (Wildman–Crippen MR) is 52.1 cm³/mol. The van der Waals surface area contributed by atoms with Crippen LogP contribution in [0.4, 0.5) is 0 Å². The topological polar surface area (TPSA) is 74.6 Å². The molecule has 0 aromatic carbocycles. The maximum Gasteiger partial charge on any atom is 0.307 e. The fraction of sp³-hybridized carbons (Fsp3) is 0.800. The highest BCUT2D eigenvalue weighted by Crippen LogP contribution is 2.19. The van der Waals surface area contributed by atoms with Gasteiger partial charge in [-0.3, -0.25) is 9.59 Å². The Morgan fingerprint density at radius 1 is 1.29 bits per heavy atom. The molecule has 0 heterocycles. The van der Waals surface area contributed by atoms with E-state index in [9.17, 15) is 9.59 Å². The first-order valence-electron chi connectivity index (χ1n) is 4.92. The minimum Gasteiger partial charge on any atom is -0.481 e. The van der Waals surface area contributed by atoms with Crippen molar-refractivity contribution in [1.82, 2.24) is 0 Å². The number of carbonyl (C=O) groups is 2. The molecule has 2 N–H and O–H groups in total. The first-order valence-corrected chi connectivity index (χ1v) is 4.92. The van der Waals surface area contributed by atoms with Gasteiger partial charge in [0.1, 0.15) is 0 Å². The molecule has 0 bridgehead atoms. The van der Waals surface area contributed by atoms with Crippen LogP contribution in [0.15, 0.2) is 0 Å². The molecule has 0 saturated carbocycles. The second-order valence-electron chi connectivity index (χ2n) is 3.76. The molecule has 0 spiro atoms. The average molecular weight is 202 g/mol. The highest BCUT2D eigenvalue weighted by Gasteiger charge is 2.22. The third kappa shape index (κ3) is 5.56. The maximum absolute atomic E-state index is 10.7. The second kappa shape index (κ2) is 6.40. The Labute approximate surface area is 83.9 Å². The molecular weight excluding hydrogens is 184 g/mol. The van der Waals surface area contributed by atoms with Crippen molar-refractivity contribution in [3.63, 3.8) is 0 Å². The smallest absolute Gasteiger partial charge is 0.307 e. The summed E-state index contributed by atoms with van der Waals surface area (Å²) in [4.78, 5) is 21.1. The van der Waals surface area contributed by atoms with Crippen LogP contribution in [-0.2, 0) is 9.59 Å². The van der Waals surface area contributed by atoms with Crippen LogP contribution in [0.25, 0.3) is 0 Å². The van der Waals surface area contributed by atoms with E-state index in [1.807, 2.05) is 13.8 Å². The van der Waals surface area contributed by atoms with E-state index in [4.69, 9.17) is 10.2 Å². The van der Waals surface area contributed by atoms with Gasteiger partial charge < -0.3 is 10.2 Å². The zero-order valence-corrected chi connectivity index (χ0v) is 8.69. The van der Waals surface area contributed by atoms with Gasteiger partial charge in [0.05, 0.1) is 12.3 Å². The van der Waals surface area contributed by atoms with E-state index in [1.54, 1.807) is 0 Å². The van der Waals surface area contributed by atoms with Crippen LogP contribution in [0.2, 0.25) is 0 Å². The lowest BCUT2D eigenvalue weighted by Crippen LogP contribution is -2.20. The van der Waals surface area contributed by atoms with Crippen LogP contribution >= 0.6 is 0 Å². The molecule has 0 aromatic rings. The molecule has 0 radical (unpaired) electrons. The summed E-state index contributed by atoms with van der Waals surface area (Å²) in [6, 6.07) is 0. The molecule has 0 aliphatic carbocycles. The first-order chi connectivity index (χ1) is 6.47. The van der Waals surface area contributed by atoms with Crippen molar-refractivity contribution >= 4 is 11.9 Å². The van der Waals surface area contributed by atoms with Crippen LogP contribution in [-0.4, -0.2) is 22.2 Å². The van der Waals surface area contributed by atoms with Crippen LogP contribution in [0.5, 0.6) is 0 Å². The van der Waals surface area contributed by atoms with Crippen molar-refractivity contribution in [2.75, 3.05) is 0 Å². The Hall–Kier alpha value is -1.06. The summed E-state index contributed by atoms with van der Waals surface area (Å²) < 4.78 is 0. The molecule has 4 heteroatoms. The third-order valence-corrected chi connectivity index (χ3v) is 2.24. The third-order valence-electron chi connectivity index (χ3n) is 2.24. The van der Waals surface area contributed by atoms with E-state index in [-0.39, 0.29) is 12.3 Å². The lowest BCUT2D eigenvalue weighted by atomic mass is 9.90. The molecule has 0 aromatic heterocycles. The number of hydrogen-bond acceptors (Lipinski definition) is 2. The molecule has 0 aliphatic rings. The Morgan fingerprint density at radius 2 is 1.86 bits per heavy atom. The largest absolute Gasteiger partial charge is 0.481 e. The highest BCUT2D eigenvalue weighted by atomic mass is 16.4. The first kappa shape index (κ1) is 12.9. The maximum atomic E-state index is 10.7. The van der Waals surface area contributed by atoms with Crippen molar-refractivity contribution in [1.29, 1.82) is 0 Å². The van der Waals surface area contributed by atoms with E-state index in [0.29, 0.717) is 6.42 Å². The zero-order valence-electron chi connectivity index (χ0n) is 8.69. The van der Waals surface area contributed by atoms with Crippen LogP contribution in [0, 0.1) is 11.8 Å². The van der Waals surface area contributed by atoms with Gasteiger partial charge in [-0.1, -0.05) is 26.7 Å². The summed E-state index contributed by atoms with van der Waals surface area (Å²) in [5.41, 5.74) is 0. The normalized spacial score (nSPS) is 14.7. The number of carboxylic acid groups (broad SMARTS) is 2. The molecule has 82 valence electrons. The van der Waals surface area contributed by atoms with Crippen molar-refractivity contribution in [2.24, 2.45) is 11.8 Å². The van der Waals surface area contributed by atoms with E-state index in [2.05, 4.69) is 0 Å². The molecule has 0 fully saturated rings. The minimum atomic E-state index is -1.04. The lowest BCUT2D eigenvalue weighted by Gasteiger charge is -2.15. The molecule has 0 amide bonds. The summed E-state index contributed by atoms with van der Waals surface area (Å²) >= 11 is 0. The lowest BCUT2D eigenvalue weighted by molar-refractivity contribution is -0.148. The van der Waals surface area contributed by atoms with Crippen molar-refractivity contribution < 1.29 is 19.8 Å². The highest BCUT2D eigenvalue weighted by molar-refractivity contribution is 5.77. The molecule has 0 aliphatic heterocycles. The predicted octanol–water partition coefficient (Wildman–Crippen LogP) is 1.99. The van der Waals surface area contributed by atoms with Gasteiger partial charge in [-0.05, 0) is 12.3 Å². The fourth-order valence-corrected chi connectivity index (χ4v) is 1.58. The standard InChI is InChI=1S/C10H18O4/c1-3-4-7(2)5-8(10(13)14)6-9(11)12/h7-8H,3-6H2,1-2H3,(H,11,12)(H,13,14)/t7-,8-/m0/s1.